The number of benzene rings is 1. The number of aliphatic carboxylic acids is 1. The maximum Gasteiger partial charge on any atom is 0.305 e. The van der Waals surface area contributed by atoms with Crippen molar-refractivity contribution in [1.29, 1.82) is 0 Å². The first-order valence-corrected chi connectivity index (χ1v) is 12.2. The number of carboxylic acids is 1. The van der Waals surface area contributed by atoms with Gasteiger partial charge in [-0.05, 0) is 49.6 Å². The maximum absolute atomic E-state index is 13.9. The van der Waals surface area contributed by atoms with Crippen LogP contribution in [-0.4, -0.2) is 53.2 Å². The monoisotopic (exact) mass is 502 g/mol. The van der Waals surface area contributed by atoms with Crippen molar-refractivity contribution in [2.45, 2.75) is 50.7 Å². The van der Waals surface area contributed by atoms with E-state index in [0.29, 0.717) is 11.5 Å². The molecule has 3 N–H and O–H groups in total. The van der Waals surface area contributed by atoms with Gasteiger partial charge in [0.05, 0.1) is 35.4 Å². The molecule has 0 aliphatic heterocycles. The smallest absolute Gasteiger partial charge is 0.305 e. The Morgan fingerprint density at radius 3 is 2.59 bits per heavy atom. The van der Waals surface area contributed by atoms with Gasteiger partial charge in [0.2, 0.25) is 0 Å². The van der Waals surface area contributed by atoms with Crippen LogP contribution in [0.1, 0.15) is 48.6 Å². The molecule has 0 spiro atoms. The maximum atomic E-state index is 13.9. The number of fused-ring (bicyclic) bond motifs is 1. The molecule has 1 saturated carbocycles. The van der Waals surface area contributed by atoms with E-state index in [1.807, 2.05) is 25.1 Å². The zero-order valence-corrected chi connectivity index (χ0v) is 20.3. The molecule has 1 fully saturated rings. The molecule has 0 saturated heterocycles. The van der Waals surface area contributed by atoms with Crippen molar-refractivity contribution in [3.63, 3.8) is 0 Å². The molecular weight excluding hydrogens is 475 g/mol. The van der Waals surface area contributed by atoms with Crippen molar-refractivity contribution in [1.82, 2.24) is 19.7 Å². The fraction of sp³-hybridized carbons (Fsp3) is 0.286. The highest BCUT2D eigenvalue weighted by Crippen LogP contribution is 2.46. The van der Waals surface area contributed by atoms with E-state index < -0.39 is 24.6 Å². The van der Waals surface area contributed by atoms with Crippen LogP contribution in [0, 0.1) is 12.7 Å². The second kappa shape index (κ2) is 10.2. The summed E-state index contributed by atoms with van der Waals surface area (Å²) in [6.07, 6.45) is 4.17. The highest BCUT2D eigenvalue weighted by molar-refractivity contribution is 6.00. The normalized spacial score (nSPS) is 15.4. The van der Waals surface area contributed by atoms with Gasteiger partial charge in [0.25, 0.3) is 0 Å². The number of nitrogens with zero attached hydrogens (tertiary/aromatic N) is 4. The highest BCUT2D eigenvalue weighted by Gasteiger charge is 2.31. The van der Waals surface area contributed by atoms with Gasteiger partial charge in [0, 0.05) is 29.7 Å². The molecule has 0 amide bonds. The summed E-state index contributed by atoms with van der Waals surface area (Å²) in [5, 5.41) is 34.9. The summed E-state index contributed by atoms with van der Waals surface area (Å²) < 4.78 is 15.6. The van der Waals surface area contributed by atoms with Crippen molar-refractivity contribution in [3.8, 4) is 16.9 Å². The van der Waals surface area contributed by atoms with Gasteiger partial charge in [0.15, 0.2) is 11.5 Å². The molecule has 5 rings (SSSR count). The first kappa shape index (κ1) is 24.7. The van der Waals surface area contributed by atoms with E-state index in [1.54, 1.807) is 35.2 Å². The largest absolute Gasteiger partial charge is 0.481 e. The average Bonchev–Trinajstić information content (AvgIpc) is 3.66. The third kappa shape index (κ3) is 5.28. The molecule has 8 nitrogen and oxygen atoms in total. The lowest BCUT2D eigenvalue weighted by atomic mass is 9.92. The number of aryl methyl sites for hydroxylation is 1. The summed E-state index contributed by atoms with van der Waals surface area (Å²) in [6.45, 7) is 1.89. The Kier molecular flexibility index (Phi) is 6.82. The number of hydrogen-bond acceptors (Lipinski definition) is 6. The van der Waals surface area contributed by atoms with Crippen LogP contribution in [0.25, 0.3) is 34.1 Å². The van der Waals surface area contributed by atoms with E-state index in [4.69, 9.17) is 15.2 Å². The Labute approximate surface area is 212 Å². The Bertz CT molecular complexity index is 1460. The number of carboxylic acid groups (broad SMARTS) is 1. The summed E-state index contributed by atoms with van der Waals surface area (Å²) in [6, 6.07) is 11.8. The molecule has 9 heteroatoms. The van der Waals surface area contributed by atoms with Crippen LogP contribution in [0.2, 0.25) is 0 Å². The topological polar surface area (TPSA) is 121 Å². The first-order chi connectivity index (χ1) is 17.8. The lowest BCUT2D eigenvalue weighted by molar-refractivity contribution is -0.139. The van der Waals surface area contributed by atoms with Crippen LogP contribution in [0.4, 0.5) is 4.39 Å². The average molecular weight is 503 g/mol. The van der Waals surface area contributed by atoms with E-state index >= 15 is 0 Å². The highest BCUT2D eigenvalue weighted by atomic mass is 19.1. The SMILES string of the molecule is Cc1nn(-c2ccccn2)c2nc(C3CC3)c(/C=C/[C@@H](O)C[C@@H](O)CC(=O)O)c(-c3ccc(F)cc3)c12. The first-order valence-electron chi connectivity index (χ1n) is 12.2. The van der Waals surface area contributed by atoms with Crippen molar-refractivity contribution >= 4 is 23.1 Å². The molecule has 0 bridgehead atoms. The lowest BCUT2D eigenvalue weighted by Crippen LogP contribution is -2.19. The molecule has 1 aliphatic carbocycles. The van der Waals surface area contributed by atoms with Crippen LogP contribution in [-0.2, 0) is 4.79 Å². The fourth-order valence-corrected chi connectivity index (χ4v) is 4.59. The number of aliphatic hydroxyl groups excluding tert-OH is 2. The van der Waals surface area contributed by atoms with Gasteiger partial charge in [-0.25, -0.2) is 14.4 Å². The Morgan fingerprint density at radius 2 is 1.95 bits per heavy atom. The molecule has 0 radical (unpaired) electrons. The van der Waals surface area contributed by atoms with E-state index in [2.05, 4.69) is 4.98 Å². The summed E-state index contributed by atoms with van der Waals surface area (Å²) >= 11 is 0. The summed E-state index contributed by atoms with van der Waals surface area (Å²) in [4.78, 5) is 20.4. The molecular formula is C28H27FN4O4. The molecule has 2 atom stereocenters. The van der Waals surface area contributed by atoms with Crippen molar-refractivity contribution in [3.05, 3.63) is 77.5 Å². The second-order valence-electron chi connectivity index (χ2n) is 9.36. The van der Waals surface area contributed by atoms with E-state index in [0.717, 1.165) is 46.3 Å². The van der Waals surface area contributed by atoms with Gasteiger partial charge in [0.1, 0.15) is 5.82 Å². The minimum atomic E-state index is -1.17. The van der Waals surface area contributed by atoms with Crippen LogP contribution >= 0.6 is 0 Å². The standard InChI is InChI=1S/C28H27FN4O4/c1-16-25-26(17-7-9-19(29)10-8-17)22(12-11-20(34)14-21(35)15-24(36)37)27(18-5-6-18)31-28(25)33(32-16)23-4-2-3-13-30-23/h2-4,7-13,18,20-21,34-35H,5-6,14-15H2,1H3,(H,36,37)/b12-11+/t20-,21-/m1/s1. The third-order valence-corrected chi connectivity index (χ3v) is 6.43. The lowest BCUT2D eigenvalue weighted by Gasteiger charge is -2.16. The van der Waals surface area contributed by atoms with Crippen molar-refractivity contribution in [2.24, 2.45) is 0 Å². The van der Waals surface area contributed by atoms with Gasteiger partial charge in [-0.3, -0.25) is 4.79 Å². The number of pyridine rings is 2. The zero-order chi connectivity index (χ0) is 26.1. The Balaban J connectivity index is 1.69. The Hall–Kier alpha value is -3.95. The predicted molar refractivity (Wildman–Crippen MR) is 137 cm³/mol. The number of halogens is 1. The van der Waals surface area contributed by atoms with Gasteiger partial charge in [-0.1, -0.05) is 30.4 Å². The van der Waals surface area contributed by atoms with Gasteiger partial charge < -0.3 is 15.3 Å². The fourth-order valence-electron chi connectivity index (χ4n) is 4.59. The molecule has 1 aromatic carbocycles. The van der Waals surface area contributed by atoms with Crippen LogP contribution in [0.5, 0.6) is 0 Å². The molecule has 3 aromatic heterocycles. The molecule has 3 heterocycles. The van der Waals surface area contributed by atoms with E-state index in [-0.39, 0.29) is 18.2 Å². The molecule has 37 heavy (non-hydrogen) atoms. The molecule has 1 aliphatic rings. The van der Waals surface area contributed by atoms with E-state index in [1.165, 1.54) is 12.1 Å². The van der Waals surface area contributed by atoms with Crippen molar-refractivity contribution in [2.75, 3.05) is 0 Å². The molecule has 4 aromatic rings. The number of hydrogen-bond donors (Lipinski definition) is 3. The number of aliphatic hydroxyl groups is 2. The Morgan fingerprint density at radius 1 is 1.19 bits per heavy atom. The van der Waals surface area contributed by atoms with Gasteiger partial charge >= 0.3 is 5.97 Å². The second-order valence-corrected chi connectivity index (χ2v) is 9.36. The molecule has 0 unspecified atom stereocenters. The van der Waals surface area contributed by atoms with Crippen molar-refractivity contribution < 1.29 is 24.5 Å². The summed E-state index contributed by atoms with van der Waals surface area (Å²) in [5.74, 6) is -0.623. The minimum Gasteiger partial charge on any atom is -0.481 e. The van der Waals surface area contributed by atoms with Crippen LogP contribution in [0.3, 0.4) is 0 Å². The summed E-state index contributed by atoms with van der Waals surface area (Å²) in [5.41, 5.74) is 4.60. The zero-order valence-electron chi connectivity index (χ0n) is 20.3. The minimum absolute atomic E-state index is 0.111. The van der Waals surface area contributed by atoms with E-state index in [9.17, 15) is 19.4 Å². The number of carbonyl (C=O) groups is 1. The number of aromatic nitrogens is 4. The van der Waals surface area contributed by atoms with Crippen LogP contribution in [0.15, 0.2) is 54.7 Å². The molecule has 190 valence electrons. The quantitative estimate of drug-likeness (QED) is 0.310. The summed E-state index contributed by atoms with van der Waals surface area (Å²) in [7, 11) is 0. The van der Waals surface area contributed by atoms with Gasteiger partial charge in [-0.15, -0.1) is 0 Å². The number of rotatable bonds is 9. The van der Waals surface area contributed by atoms with Gasteiger partial charge in [-0.2, -0.15) is 9.78 Å². The predicted octanol–water partition coefficient (Wildman–Crippen LogP) is 4.41. The third-order valence-electron chi connectivity index (χ3n) is 6.43. The van der Waals surface area contributed by atoms with Crippen LogP contribution < -0.4 is 0 Å².